The highest BCUT2D eigenvalue weighted by atomic mass is 19.1. The number of rotatable bonds is 3. The van der Waals surface area contributed by atoms with E-state index in [9.17, 15) is 9.18 Å². The van der Waals surface area contributed by atoms with Crippen LogP contribution in [0.2, 0.25) is 0 Å². The lowest BCUT2D eigenvalue weighted by molar-refractivity contribution is -0.117. The summed E-state index contributed by atoms with van der Waals surface area (Å²) in [5.74, 6) is -0.312. The summed E-state index contributed by atoms with van der Waals surface area (Å²) in [6.45, 7) is 1.47. The highest BCUT2D eigenvalue weighted by molar-refractivity contribution is 5.76. The molecule has 0 aromatic heterocycles. The van der Waals surface area contributed by atoms with Crippen molar-refractivity contribution in [2.24, 2.45) is 5.73 Å². The topological polar surface area (TPSA) is 43.1 Å². The number of nitrogens with two attached hydrogens (primary N) is 1. The first-order chi connectivity index (χ1) is 6.09. The zero-order valence-corrected chi connectivity index (χ0v) is 7.46. The summed E-state index contributed by atoms with van der Waals surface area (Å²) in [5.41, 5.74) is 6.34. The molecule has 0 heterocycles. The molecular weight excluding hydrogens is 169 g/mol. The minimum atomic E-state index is -0.395. The average molecular weight is 181 g/mol. The number of carbonyl (C=O) groups excluding carboxylic acids is 1. The van der Waals surface area contributed by atoms with Gasteiger partial charge >= 0.3 is 0 Å². The lowest BCUT2D eigenvalue weighted by atomic mass is 10.0. The van der Waals surface area contributed by atoms with Gasteiger partial charge in [-0.2, -0.15) is 0 Å². The van der Waals surface area contributed by atoms with Gasteiger partial charge in [-0.05, 0) is 24.6 Å². The first-order valence-electron chi connectivity index (χ1n) is 4.10. The van der Waals surface area contributed by atoms with Crippen LogP contribution < -0.4 is 5.73 Å². The Morgan fingerprint density at radius 3 is 2.85 bits per heavy atom. The van der Waals surface area contributed by atoms with Crippen molar-refractivity contribution in [1.29, 1.82) is 0 Å². The molecule has 0 amide bonds. The Bertz CT molecular complexity index is 312. The summed E-state index contributed by atoms with van der Waals surface area (Å²) in [6, 6.07) is 5.62. The van der Waals surface area contributed by atoms with E-state index in [1.165, 1.54) is 19.1 Å². The molecule has 2 N–H and O–H groups in total. The van der Waals surface area contributed by atoms with Gasteiger partial charge in [0.1, 0.15) is 11.6 Å². The van der Waals surface area contributed by atoms with Crippen molar-refractivity contribution in [3.8, 4) is 0 Å². The van der Waals surface area contributed by atoms with E-state index in [2.05, 4.69) is 0 Å². The summed E-state index contributed by atoms with van der Waals surface area (Å²) in [7, 11) is 0. The summed E-state index contributed by atoms with van der Waals surface area (Å²) < 4.78 is 12.7. The Kier molecular flexibility index (Phi) is 3.14. The van der Waals surface area contributed by atoms with Gasteiger partial charge in [0.2, 0.25) is 0 Å². The van der Waals surface area contributed by atoms with E-state index in [4.69, 9.17) is 5.73 Å². The van der Waals surface area contributed by atoms with Crippen LogP contribution in [0.1, 0.15) is 24.9 Å². The van der Waals surface area contributed by atoms with E-state index in [0.29, 0.717) is 5.56 Å². The van der Waals surface area contributed by atoms with Gasteiger partial charge in [0.25, 0.3) is 0 Å². The minimum absolute atomic E-state index is 0.0109. The maximum absolute atomic E-state index is 12.7. The third-order valence-electron chi connectivity index (χ3n) is 1.78. The summed E-state index contributed by atoms with van der Waals surface area (Å²) >= 11 is 0. The van der Waals surface area contributed by atoms with Crippen LogP contribution in [0.15, 0.2) is 24.3 Å². The summed E-state index contributed by atoms with van der Waals surface area (Å²) in [5, 5.41) is 0. The molecule has 0 aliphatic rings. The largest absolute Gasteiger partial charge is 0.324 e. The van der Waals surface area contributed by atoms with E-state index < -0.39 is 6.04 Å². The number of halogens is 1. The van der Waals surface area contributed by atoms with Gasteiger partial charge in [-0.1, -0.05) is 12.1 Å². The lowest BCUT2D eigenvalue weighted by Gasteiger charge is -2.09. The van der Waals surface area contributed by atoms with E-state index in [1.807, 2.05) is 0 Å². The standard InChI is InChI=1S/C10H12FNO/c1-7(13)5-10(12)8-3-2-4-9(11)6-8/h2-4,6,10H,5,12H2,1H3/t10-/m0/s1. The molecule has 3 heteroatoms. The van der Waals surface area contributed by atoms with Crippen LogP contribution in [0.25, 0.3) is 0 Å². The van der Waals surface area contributed by atoms with Gasteiger partial charge in [-0.15, -0.1) is 0 Å². The number of benzene rings is 1. The zero-order valence-electron chi connectivity index (χ0n) is 7.46. The Hall–Kier alpha value is -1.22. The molecular formula is C10H12FNO. The van der Waals surface area contributed by atoms with Gasteiger partial charge in [-0.25, -0.2) is 4.39 Å². The fourth-order valence-corrected chi connectivity index (χ4v) is 1.16. The van der Waals surface area contributed by atoms with Crippen LogP contribution in [0, 0.1) is 5.82 Å². The van der Waals surface area contributed by atoms with E-state index >= 15 is 0 Å². The van der Waals surface area contributed by atoms with Crippen LogP contribution in [-0.4, -0.2) is 5.78 Å². The smallest absolute Gasteiger partial charge is 0.131 e. The first kappa shape index (κ1) is 9.86. The fourth-order valence-electron chi connectivity index (χ4n) is 1.16. The number of hydrogen-bond donors (Lipinski definition) is 1. The second kappa shape index (κ2) is 4.14. The van der Waals surface area contributed by atoms with E-state index in [1.54, 1.807) is 12.1 Å². The molecule has 0 saturated carbocycles. The number of carbonyl (C=O) groups is 1. The predicted molar refractivity (Wildman–Crippen MR) is 48.6 cm³/mol. The number of ketones is 1. The third kappa shape index (κ3) is 2.95. The summed E-state index contributed by atoms with van der Waals surface area (Å²) in [4.78, 5) is 10.7. The monoisotopic (exact) mass is 181 g/mol. The molecule has 0 spiro atoms. The molecule has 0 aliphatic heterocycles. The lowest BCUT2D eigenvalue weighted by Crippen LogP contribution is -2.13. The molecule has 0 unspecified atom stereocenters. The molecule has 0 aliphatic carbocycles. The molecule has 1 aromatic rings. The van der Waals surface area contributed by atoms with Gasteiger partial charge in [0, 0.05) is 12.5 Å². The maximum atomic E-state index is 12.7. The van der Waals surface area contributed by atoms with Crippen LogP contribution in [0.5, 0.6) is 0 Å². The minimum Gasteiger partial charge on any atom is -0.324 e. The Morgan fingerprint density at radius 2 is 2.31 bits per heavy atom. The molecule has 2 nitrogen and oxygen atoms in total. The quantitative estimate of drug-likeness (QED) is 0.772. The van der Waals surface area contributed by atoms with Crippen molar-refractivity contribution in [2.75, 3.05) is 0 Å². The molecule has 1 atom stereocenters. The van der Waals surface area contributed by atoms with Crippen LogP contribution in [-0.2, 0) is 4.79 Å². The molecule has 13 heavy (non-hydrogen) atoms. The highest BCUT2D eigenvalue weighted by Crippen LogP contribution is 2.14. The maximum Gasteiger partial charge on any atom is 0.131 e. The first-order valence-corrected chi connectivity index (χ1v) is 4.10. The van der Waals surface area contributed by atoms with Crippen molar-refractivity contribution < 1.29 is 9.18 Å². The SMILES string of the molecule is CC(=O)C[C@H](N)c1cccc(F)c1. The van der Waals surface area contributed by atoms with Gasteiger partial charge in [0.15, 0.2) is 0 Å². The normalized spacial score (nSPS) is 12.5. The zero-order chi connectivity index (χ0) is 9.84. The summed E-state index contributed by atoms with van der Waals surface area (Å²) in [6.07, 6.45) is 0.253. The van der Waals surface area contributed by atoms with Gasteiger partial charge < -0.3 is 5.73 Å². The second-order valence-corrected chi connectivity index (χ2v) is 3.07. The molecule has 0 fully saturated rings. The molecule has 1 rings (SSSR count). The van der Waals surface area contributed by atoms with Gasteiger partial charge in [-0.3, -0.25) is 4.79 Å². The number of hydrogen-bond acceptors (Lipinski definition) is 2. The molecule has 0 bridgehead atoms. The highest BCUT2D eigenvalue weighted by Gasteiger charge is 2.08. The Morgan fingerprint density at radius 1 is 1.62 bits per heavy atom. The Balaban J connectivity index is 2.76. The average Bonchev–Trinajstić information content (AvgIpc) is 2.03. The van der Waals surface area contributed by atoms with E-state index in [0.717, 1.165) is 0 Å². The molecule has 70 valence electrons. The van der Waals surface area contributed by atoms with Crippen molar-refractivity contribution in [3.05, 3.63) is 35.6 Å². The molecule has 1 aromatic carbocycles. The van der Waals surface area contributed by atoms with Crippen molar-refractivity contribution >= 4 is 5.78 Å². The van der Waals surface area contributed by atoms with Gasteiger partial charge in [0.05, 0.1) is 0 Å². The second-order valence-electron chi connectivity index (χ2n) is 3.07. The van der Waals surface area contributed by atoms with Crippen molar-refractivity contribution in [1.82, 2.24) is 0 Å². The molecule has 0 radical (unpaired) electrons. The predicted octanol–water partition coefficient (Wildman–Crippen LogP) is 1.80. The third-order valence-corrected chi connectivity index (χ3v) is 1.78. The Labute approximate surface area is 76.6 Å². The van der Waals surface area contributed by atoms with Crippen molar-refractivity contribution in [3.63, 3.8) is 0 Å². The number of Topliss-reactive ketones (excluding diaryl/α,β-unsaturated/α-hetero) is 1. The molecule has 0 saturated heterocycles. The van der Waals surface area contributed by atoms with Crippen LogP contribution >= 0.6 is 0 Å². The van der Waals surface area contributed by atoms with Crippen LogP contribution in [0.4, 0.5) is 4.39 Å². The van der Waals surface area contributed by atoms with E-state index in [-0.39, 0.29) is 18.0 Å². The van der Waals surface area contributed by atoms with Crippen molar-refractivity contribution in [2.45, 2.75) is 19.4 Å². The van der Waals surface area contributed by atoms with Crippen LogP contribution in [0.3, 0.4) is 0 Å². The fraction of sp³-hybridized carbons (Fsp3) is 0.300.